The van der Waals surface area contributed by atoms with E-state index in [0.29, 0.717) is 0 Å². The van der Waals surface area contributed by atoms with Gasteiger partial charge in [-0.05, 0) is 43.4 Å². The van der Waals surface area contributed by atoms with Crippen LogP contribution in [0.15, 0.2) is 12.2 Å². The maximum atomic E-state index is 4.11. The zero-order chi connectivity index (χ0) is 10.0. The third-order valence-electron chi connectivity index (χ3n) is 3.86. The summed E-state index contributed by atoms with van der Waals surface area (Å²) >= 11 is 0. The number of allylic oxidation sites excluding steroid dienone is 1. The highest BCUT2D eigenvalue weighted by Crippen LogP contribution is 2.52. The highest BCUT2D eigenvalue weighted by atomic mass is 14.5. The molecule has 13 heavy (non-hydrogen) atoms. The molecule has 1 fully saturated rings. The zero-order valence-corrected chi connectivity index (χ0v) is 9.64. The van der Waals surface area contributed by atoms with Crippen LogP contribution in [0.3, 0.4) is 0 Å². The van der Waals surface area contributed by atoms with Crippen molar-refractivity contribution in [3.05, 3.63) is 12.2 Å². The zero-order valence-electron chi connectivity index (χ0n) is 9.64. The first-order valence-corrected chi connectivity index (χ1v) is 5.77. The molecule has 0 aliphatic heterocycles. The average Bonchev–Trinajstić information content (AvgIpc) is 2.84. The summed E-state index contributed by atoms with van der Waals surface area (Å²) in [4.78, 5) is 0. The van der Waals surface area contributed by atoms with Crippen molar-refractivity contribution in [3.63, 3.8) is 0 Å². The summed E-state index contributed by atoms with van der Waals surface area (Å²) < 4.78 is 0. The van der Waals surface area contributed by atoms with Crippen LogP contribution >= 0.6 is 0 Å². The van der Waals surface area contributed by atoms with Gasteiger partial charge in [0, 0.05) is 0 Å². The van der Waals surface area contributed by atoms with E-state index in [2.05, 4.69) is 34.3 Å². The number of hydrogen-bond donors (Lipinski definition) is 0. The van der Waals surface area contributed by atoms with E-state index < -0.39 is 0 Å². The summed E-state index contributed by atoms with van der Waals surface area (Å²) in [5.41, 5.74) is 1.40. The molecule has 0 nitrogen and oxygen atoms in total. The molecule has 0 aromatic carbocycles. The minimum atomic E-state index is 0.805. The molecule has 0 heterocycles. The van der Waals surface area contributed by atoms with Crippen LogP contribution in [0.4, 0.5) is 0 Å². The Morgan fingerprint density at radius 2 is 1.92 bits per heavy atom. The summed E-state index contributed by atoms with van der Waals surface area (Å²) in [6.45, 7) is 13.3. The molecule has 0 aromatic rings. The summed E-state index contributed by atoms with van der Waals surface area (Å²) in [5, 5.41) is 0. The molecule has 0 amide bonds. The van der Waals surface area contributed by atoms with Gasteiger partial charge in [0.15, 0.2) is 0 Å². The molecule has 0 radical (unpaired) electrons. The lowest BCUT2D eigenvalue weighted by atomic mass is 9.89. The SMILES string of the molecule is C=C(C)C(CC)C1CC1C(C)CC. The predicted molar refractivity (Wildman–Crippen MR) is 59.6 cm³/mol. The summed E-state index contributed by atoms with van der Waals surface area (Å²) in [6, 6.07) is 0. The summed E-state index contributed by atoms with van der Waals surface area (Å²) in [7, 11) is 0. The second-order valence-corrected chi connectivity index (χ2v) is 4.81. The molecular formula is C13H24. The highest BCUT2D eigenvalue weighted by Gasteiger charge is 2.44. The standard InChI is InChI=1S/C13H24/c1-6-10(5)12-8-13(12)11(7-2)9(3)4/h10-13H,3,6-8H2,1-2,4-5H3. The Morgan fingerprint density at radius 3 is 2.31 bits per heavy atom. The average molecular weight is 180 g/mol. The topological polar surface area (TPSA) is 0 Å². The number of hydrogen-bond acceptors (Lipinski definition) is 0. The Kier molecular flexibility index (Phi) is 3.58. The third-order valence-corrected chi connectivity index (χ3v) is 3.86. The highest BCUT2D eigenvalue weighted by molar-refractivity contribution is 5.06. The molecule has 1 saturated carbocycles. The van der Waals surface area contributed by atoms with Crippen LogP contribution in [0, 0.1) is 23.7 Å². The van der Waals surface area contributed by atoms with E-state index in [-0.39, 0.29) is 0 Å². The molecule has 1 rings (SSSR count). The van der Waals surface area contributed by atoms with Gasteiger partial charge in [-0.3, -0.25) is 0 Å². The molecule has 0 bridgehead atoms. The van der Waals surface area contributed by atoms with Gasteiger partial charge >= 0.3 is 0 Å². The van der Waals surface area contributed by atoms with Crippen molar-refractivity contribution in [3.8, 4) is 0 Å². The Morgan fingerprint density at radius 1 is 1.31 bits per heavy atom. The van der Waals surface area contributed by atoms with Gasteiger partial charge in [0.25, 0.3) is 0 Å². The van der Waals surface area contributed by atoms with Crippen LogP contribution in [-0.2, 0) is 0 Å². The lowest BCUT2D eigenvalue weighted by molar-refractivity contribution is 0.404. The predicted octanol–water partition coefficient (Wildman–Crippen LogP) is 4.27. The fourth-order valence-electron chi connectivity index (χ4n) is 2.67. The van der Waals surface area contributed by atoms with Crippen molar-refractivity contribution in [2.75, 3.05) is 0 Å². The minimum absolute atomic E-state index is 0.805. The fraction of sp³-hybridized carbons (Fsp3) is 0.846. The molecule has 4 atom stereocenters. The number of rotatable bonds is 5. The van der Waals surface area contributed by atoms with Gasteiger partial charge in [0.05, 0.1) is 0 Å². The van der Waals surface area contributed by atoms with Gasteiger partial charge in [0.2, 0.25) is 0 Å². The van der Waals surface area contributed by atoms with Crippen LogP contribution in [-0.4, -0.2) is 0 Å². The first kappa shape index (κ1) is 10.8. The second kappa shape index (κ2) is 4.30. The molecule has 0 saturated heterocycles. The van der Waals surface area contributed by atoms with E-state index >= 15 is 0 Å². The van der Waals surface area contributed by atoms with Crippen LogP contribution in [0.25, 0.3) is 0 Å². The van der Waals surface area contributed by atoms with Crippen molar-refractivity contribution >= 4 is 0 Å². The second-order valence-electron chi connectivity index (χ2n) is 4.81. The molecule has 76 valence electrons. The molecule has 1 aliphatic rings. The molecule has 0 spiro atoms. The van der Waals surface area contributed by atoms with E-state index in [0.717, 1.165) is 23.7 Å². The van der Waals surface area contributed by atoms with Gasteiger partial charge in [-0.25, -0.2) is 0 Å². The third kappa shape index (κ3) is 2.36. The van der Waals surface area contributed by atoms with Gasteiger partial charge in [0.1, 0.15) is 0 Å². The molecule has 0 heteroatoms. The maximum absolute atomic E-state index is 4.11. The fourth-order valence-corrected chi connectivity index (χ4v) is 2.67. The normalized spacial score (nSPS) is 31.1. The van der Waals surface area contributed by atoms with E-state index in [4.69, 9.17) is 0 Å². The minimum Gasteiger partial charge on any atom is -0.0999 e. The van der Waals surface area contributed by atoms with Crippen molar-refractivity contribution in [2.24, 2.45) is 23.7 Å². The summed E-state index contributed by atoms with van der Waals surface area (Å²) in [6.07, 6.45) is 4.08. The quantitative estimate of drug-likeness (QED) is 0.554. The van der Waals surface area contributed by atoms with E-state index in [1.807, 2.05) is 0 Å². The monoisotopic (exact) mass is 180 g/mol. The lowest BCUT2D eigenvalue weighted by Gasteiger charge is -2.16. The van der Waals surface area contributed by atoms with Crippen LogP contribution in [0.5, 0.6) is 0 Å². The Bertz CT molecular complexity index is 180. The van der Waals surface area contributed by atoms with Crippen LogP contribution < -0.4 is 0 Å². The van der Waals surface area contributed by atoms with Gasteiger partial charge in [-0.1, -0.05) is 39.3 Å². The molecule has 0 N–H and O–H groups in total. The van der Waals surface area contributed by atoms with E-state index in [9.17, 15) is 0 Å². The van der Waals surface area contributed by atoms with Crippen molar-refractivity contribution in [1.29, 1.82) is 0 Å². The smallest absolute Gasteiger partial charge is 0.0180 e. The summed E-state index contributed by atoms with van der Waals surface area (Å²) in [5.74, 6) is 3.71. The van der Waals surface area contributed by atoms with E-state index in [1.54, 1.807) is 0 Å². The first-order valence-electron chi connectivity index (χ1n) is 5.77. The maximum Gasteiger partial charge on any atom is -0.0180 e. The Balaban J connectivity index is 2.44. The van der Waals surface area contributed by atoms with Gasteiger partial charge in [-0.15, -0.1) is 0 Å². The molecule has 1 aliphatic carbocycles. The first-order chi connectivity index (χ1) is 6.11. The lowest BCUT2D eigenvalue weighted by Crippen LogP contribution is -2.07. The van der Waals surface area contributed by atoms with Gasteiger partial charge in [-0.2, -0.15) is 0 Å². The Hall–Kier alpha value is -0.260. The van der Waals surface area contributed by atoms with E-state index in [1.165, 1.54) is 24.8 Å². The molecular weight excluding hydrogens is 156 g/mol. The van der Waals surface area contributed by atoms with Crippen molar-refractivity contribution in [2.45, 2.75) is 47.0 Å². The molecule has 4 unspecified atom stereocenters. The molecule has 0 aromatic heterocycles. The van der Waals surface area contributed by atoms with Crippen LogP contribution in [0.1, 0.15) is 47.0 Å². The van der Waals surface area contributed by atoms with Crippen molar-refractivity contribution in [1.82, 2.24) is 0 Å². The largest absolute Gasteiger partial charge is 0.0999 e. The van der Waals surface area contributed by atoms with Gasteiger partial charge < -0.3 is 0 Å². The Labute approximate surface area is 83.4 Å². The van der Waals surface area contributed by atoms with Crippen molar-refractivity contribution < 1.29 is 0 Å². The van der Waals surface area contributed by atoms with Crippen LogP contribution in [0.2, 0.25) is 0 Å².